The van der Waals surface area contributed by atoms with E-state index in [2.05, 4.69) is 66.9 Å². The molecule has 1 aromatic carbocycles. The Hall–Kier alpha value is -3.04. The number of ether oxygens (including phenoxy) is 1. The Bertz CT molecular complexity index is 1370. The molecule has 6 unspecified atom stereocenters. The first kappa shape index (κ1) is 36.4. The maximum atomic E-state index is 13.5. The fourth-order valence-electron chi connectivity index (χ4n) is 6.43. The number of carbonyl (C=O) groups excluding carboxylic acids is 1. The van der Waals surface area contributed by atoms with Gasteiger partial charge in [0.15, 0.2) is 5.78 Å². The number of ketones is 1. The summed E-state index contributed by atoms with van der Waals surface area (Å²) >= 11 is 6.49. The van der Waals surface area contributed by atoms with Gasteiger partial charge in [-0.05, 0) is 99.1 Å². The van der Waals surface area contributed by atoms with Gasteiger partial charge in [-0.25, -0.2) is 0 Å². The van der Waals surface area contributed by atoms with Gasteiger partial charge in [-0.1, -0.05) is 120 Å². The lowest BCUT2D eigenvalue weighted by atomic mass is 9.84. The summed E-state index contributed by atoms with van der Waals surface area (Å²) in [6, 6.07) is 4.96. The number of phenolic OH excluding ortho intramolecular Hbond substituents is 1. The Morgan fingerprint density at radius 2 is 1.84 bits per heavy atom. The van der Waals surface area contributed by atoms with Crippen molar-refractivity contribution < 1.29 is 14.6 Å². The van der Waals surface area contributed by atoms with Crippen molar-refractivity contribution in [3.05, 3.63) is 106 Å². The number of rotatable bonds is 12. The number of carbonyl (C=O) groups is 1. The molecular formula is C41H55ClO3. The van der Waals surface area contributed by atoms with Crippen LogP contribution < -0.4 is 0 Å². The molecule has 0 aromatic heterocycles. The number of aromatic hydroxyl groups is 1. The SMILES string of the molecule is C=C/C(=C\C=C(\CC(=C)/C=C\C1=C(C)C(C)C(C)C(=O)C(c2c(O)cccc2Cl)=C1)C(C)CC)OC(C)C1CCCC(C)CC1. The van der Waals surface area contributed by atoms with Crippen LogP contribution in [0.2, 0.25) is 5.02 Å². The topological polar surface area (TPSA) is 46.5 Å². The van der Waals surface area contributed by atoms with Crippen molar-refractivity contribution in [3.8, 4) is 5.75 Å². The van der Waals surface area contributed by atoms with Crippen molar-refractivity contribution in [2.45, 2.75) is 99.5 Å². The Kier molecular flexibility index (Phi) is 13.8. The van der Waals surface area contributed by atoms with E-state index in [1.807, 2.05) is 31.2 Å². The number of hydrogen-bond acceptors (Lipinski definition) is 3. The fraction of sp³-hybridized carbons (Fsp3) is 0.488. The standard InChI is InChI=1S/C41H55ClO3/c1-10-28(5)34(22-23-36(11-2)45-32(9)33-15-12-14-26(3)18-20-33)24-27(4)19-21-35-25-37(40-38(42)16-13-17-39(40)43)41(44)31(8)29(6)30(35)7/h11,13,16-17,19,21-23,25-26,28-29,31-33,43H,2,4,10,12,14-15,18,20,24H2,1,3,5-9H3/b21-19-,34-22-,36-23+. The second-order valence-corrected chi connectivity index (χ2v) is 13.9. The zero-order valence-corrected chi connectivity index (χ0v) is 29.4. The monoisotopic (exact) mass is 630 g/mol. The van der Waals surface area contributed by atoms with E-state index in [4.69, 9.17) is 16.3 Å². The van der Waals surface area contributed by atoms with Crippen LogP contribution in [-0.4, -0.2) is 17.0 Å². The van der Waals surface area contributed by atoms with Crippen LogP contribution in [0.5, 0.6) is 5.75 Å². The number of halogens is 1. The molecular weight excluding hydrogens is 576 g/mol. The highest BCUT2D eigenvalue weighted by Gasteiger charge is 2.31. The fourth-order valence-corrected chi connectivity index (χ4v) is 6.71. The van der Waals surface area contributed by atoms with E-state index in [0.29, 0.717) is 28.0 Å². The molecule has 244 valence electrons. The summed E-state index contributed by atoms with van der Waals surface area (Å²) in [5.41, 5.74) is 5.14. The number of benzene rings is 1. The van der Waals surface area contributed by atoms with E-state index in [9.17, 15) is 9.90 Å². The van der Waals surface area contributed by atoms with Crippen molar-refractivity contribution in [1.29, 1.82) is 0 Å². The molecule has 0 spiro atoms. The summed E-state index contributed by atoms with van der Waals surface area (Å²) in [7, 11) is 0. The first-order chi connectivity index (χ1) is 21.4. The smallest absolute Gasteiger partial charge is 0.167 e. The number of phenols is 1. The second kappa shape index (κ2) is 17.0. The first-order valence-corrected chi connectivity index (χ1v) is 17.3. The van der Waals surface area contributed by atoms with Gasteiger partial charge >= 0.3 is 0 Å². The second-order valence-electron chi connectivity index (χ2n) is 13.5. The Morgan fingerprint density at radius 1 is 1.11 bits per heavy atom. The van der Waals surface area contributed by atoms with Crippen LogP contribution >= 0.6 is 11.6 Å². The van der Waals surface area contributed by atoms with Crippen molar-refractivity contribution >= 4 is 23.0 Å². The molecule has 1 fully saturated rings. The van der Waals surface area contributed by atoms with E-state index in [0.717, 1.165) is 41.2 Å². The normalized spacial score (nSPS) is 25.0. The molecule has 4 heteroatoms. The van der Waals surface area contributed by atoms with Crippen LogP contribution in [0.15, 0.2) is 95.9 Å². The lowest BCUT2D eigenvalue weighted by Crippen LogP contribution is -2.20. The summed E-state index contributed by atoms with van der Waals surface area (Å²) in [6.07, 6.45) is 20.3. The maximum Gasteiger partial charge on any atom is 0.167 e. The van der Waals surface area contributed by atoms with E-state index in [1.54, 1.807) is 18.2 Å². The van der Waals surface area contributed by atoms with E-state index in [1.165, 1.54) is 37.7 Å². The van der Waals surface area contributed by atoms with Crippen LogP contribution in [0, 0.1) is 29.6 Å². The number of Topliss-reactive ketones (excluding diaryl/α,β-unsaturated/α-hetero) is 1. The molecule has 0 aliphatic heterocycles. The molecule has 2 aliphatic rings. The molecule has 0 heterocycles. The molecule has 0 radical (unpaired) electrons. The van der Waals surface area contributed by atoms with Gasteiger partial charge < -0.3 is 9.84 Å². The Labute approximate surface area is 278 Å². The molecule has 3 rings (SSSR count). The molecule has 0 saturated heterocycles. The lowest BCUT2D eigenvalue weighted by molar-refractivity contribution is -0.117. The van der Waals surface area contributed by atoms with Crippen molar-refractivity contribution in [1.82, 2.24) is 0 Å². The molecule has 45 heavy (non-hydrogen) atoms. The minimum Gasteiger partial charge on any atom is -0.507 e. The molecule has 1 N–H and O–H groups in total. The minimum absolute atomic E-state index is 0.00624. The average molecular weight is 631 g/mol. The molecule has 0 amide bonds. The van der Waals surface area contributed by atoms with Crippen molar-refractivity contribution in [2.24, 2.45) is 29.6 Å². The third-order valence-corrected chi connectivity index (χ3v) is 10.6. The maximum absolute atomic E-state index is 13.5. The quantitative estimate of drug-likeness (QED) is 0.142. The summed E-state index contributed by atoms with van der Waals surface area (Å²) < 4.78 is 6.43. The largest absolute Gasteiger partial charge is 0.507 e. The van der Waals surface area contributed by atoms with Gasteiger partial charge in [0, 0.05) is 17.1 Å². The summed E-state index contributed by atoms with van der Waals surface area (Å²) in [4.78, 5) is 13.5. The molecule has 1 aromatic rings. The highest BCUT2D eigenvalue weighted by atomic mass is 35.5. The lowest BCUT2D eigenvalue weighted by Gasteiger charge is -2.24. The molecule has 0 bridgehead atoms. The molecule has 1 saturated carbocycles. The molecule has 2 aliphatic carbocycles. The number of allylic oxidation sites excluding steroid dienone is 11. The van der Waals surface area contributed by atoms with Gasteiger partial charge in [0.1, 0.15) is 11.5 Å². The first-order valence-electron chi connectivity index (χ1n) is 16.9. The predicted molar refractivity (Wildman–Crippen MR) is 192 cm³/mol. The molecule has 6 atom stereocenters. The van der Waals surface area contributed by atoms with Gasteiger partial charge in [-0.2, -0.15) is 0 Å². The van der Waals surface area contributed by atoms with Gasteiger partial charge in [0.25, 0.3) is 0 Å². The summed E-state index contributed by atoms with van der Waals surface area (Å²) in [5.74, 6) is 2.36. The summed E-state index contributed by atoms with van der Waals surface area (Å²) in [6.45, 7) is 23.6. The highest BCUT2D eigenvalue weighted by Crippen LogP contribution is 2.40. The summed E-state index contributed by atoms with van der Waals surface area (Å²) in [5, 5.41) is 11.0. The van der Waals surface area contributed by atoms with Crippen LogP contribution in [0.4, 0.5) is 0 Å². The van der Waals surface area contributed by atoms with Crippen LogP contribution in [0.3, 0.4) is 0 Å². The average Bonchev–Trinajstić information content (AvgIpc) is 3.28. The highest BCUT2D eigenvalue weighted by molar-refractivity contribution is 6.36. The van der Waals surface area contributed by atoms with Crippen molar-refractivity contribution in [3.63, 3.8) is 0 Å². The third-order valence-electron chi connectivity index (χ3n) is 10.3. The van der Waals surface area contributed by atoms with E-state index >= 15 is 0 Å². The van der Waals surface area contributed by atoms with Crippen molar-refractivity contribution in [2.75, 3.05) is 0 Å². The van der Waals surface area contributed by atoms with E-state index < -0.39 is 0 Å². The Morgan fingerprint density at radius 3 is 2.51 bits per heavy atom. The van der Waals surface area contributed by atoms with Crippen LogP contribution in [-0.2, 0) is 9.53 Å². The molecule has 3 nitrogen and oxygen atoms in total. The minimum atomic E-state index is -0.247. The predicted octanol–water partition coefficient (Wildman–Crippen LogP) is 11.8. The van der Waals surface area contributed by atoms with Gasteiger partial charge in [-0.3, -0.25) is 4.79 Å². The third kappa shape index (κ3) is 9.72. The van der Waals surface area contributed by atoms with Gasteiger partial charge in [0.05, 0.1) is 11.1 Å². The zero-order valence-electron chi connectivity index (χ0n) is 28.7. The Balaban J connectivity index is 1.84. The number of hydrogen-bond donors (Lipinski definition) is 1. The van der Waals surface area contributed by atoms with Crippen LogP contribution in [0.1, 0.15) is 99.0 Å². The van der Waals surface area contributed by atoms with Gasteiger partial charge in [-0.15, -0.1) is 0 Å². The van der Waals surface area contributed by atoms with Gasteiger partial charge in [0.2, 0.25) is 0 Å². The zero-order chi connectivity index (χ0) is 33.3. The van der Waals surface area contributed by atoms with E-state index in [-0.39, 0.29) is 29.5 Å². The van der Waals surface area contributed by atoms with Crippen LogP contribution in [0.25, 0.3) is 5.57 Å².